The fraction of sp³-hybridized carbons (Fsp3) is 0.690. The first-order chi connectivity index (χ1) is 15.3. The molecule has 2 rings (SSSR count). The Bertz CT molecular complexity index is 619. The number of benzene rings is 1. The van der Waals surface area contributed by atoms with Crippen LogP contribution in [0.1, 0.15) is 122 Å². The molecule has 1 aromatic heterocycles. The molecule has 0 bridgehead atoms. The molecule has 174 valence electrons. The van der Waals surface area contributed by atoms with Crippen molar-refractivity contribution in [3.63, 3.8) is 0 Å². The van der Waals surface area contributed by atoms with Gasteiger partial charge >= 0.3 is 0 Å². The van der Waals surface area contributed by atoms with Crippen LogP contribution in [-0.2, 0) is 6.42 Å². The largest absolute Gasteiger partial charge is 0.250 e. The zero-order chi connectivity index (χ0) is 22.0. The number of rotatable bonds is 19. The molecule has 1 heterocycles. The van der Waals surface area contributed by atoms with Crippen LogP contribution in [0.5, 0.6) is 0 Å². The maximum Gasteiger partial charge on any atom is 0.241 e. The van der Waals surface area contributed by atoms with Gasteiger partial charge in [0.05, 0.1) is 0 Å². The highest BCUT2D eigenvalue weighted by Gasteiger charge is 2.26. The van der Waals surface area contributed by atoms with Crippen LogP contribution < -0.4 is 4.57 Å². The summed E-state index contributed by atoms with van der Waals surface area (Å²) in [4.78, 5) is 3.30. The molecule has 0 saturated heterocycles. The van der Waals surface area contributed by atoms with E-state index in [1.807, 2.05) is 0 Å². The predicted octanol–water partition coefficient (Wildman–Crippen LogP) is 8.59. The molecule has 0 spiro atoms. The number of imidazole rings is 1. The molecule has 0 fully saturated rings. The molecule has 0 aliphatic heterocycles. The van der Waals surface area contributed by atoms with E-state index in [1.165, 1.54) is 108 Å². The third-order valence-electron chi connectivity index (χ3n) is 6.87. The smallest absolute Gasteiger partial charge is 0.241 e. The van der Waals surface area contributed by atoms with E-state index in [9.17, 15) is 0 Å². The molecular weight excluding hydrogens is 376 g/mol. The van der Waals surface area contributed by atoms with E-state index in [2.05, 4.69) is 72.5 Å². The van der Waals surface area contributed by atoms with E-state index in [0.717, 1.165) is 0 Å². The number of unbranched alkanes of at least 4 members (excludes halogenated alkanes) is 11. The monoisotopic (exact) mass is 425 g/mol. The summed E-state index contributed by atoms with van der Waals surface area (Å²) in [7, 11) is 0. The number of aromatic amines is 1. The van der Waals surface area contributed by atoms with Crippen LogP contribution in [0.25, 0.3) is 0 Å². The lowest BCUT2D eigenvalue weighted by atomic mass is 9.84. The van der Waals surface area contributed by atoms with Crippen molar-refractivity contribution in [2.45, 2.75) is 123 Å². The number of nitrogens with one attached hydrogen (secondary N) is 1. The first-order valence-corrected chi connectivity index (χ1v) is 13.4. The van der Waals surface area contributed by atoms with Crippen LogP contribution in [0.2, 0.25) is 0 Å². The van der Waals surface area contributed by atoms with Crippen molar-refractivity contribution in [1.29, 1.82) is 0 Å². The first kappa shape index (κ1) is 25.7. The summed E-state index contributed by atoms with van der Waals surface area (Å²) in [5.41, 5.74) is 1.49. The SMILES string of the molecule is CCCCCCCCCCCCC(C(CCCCC)Cc1ccccc1)[n+]1cc[nH]c1. The van der Waals surface area contributed by atoms with Crippen molar-refractivity contribution in [3.05, 3.63) is 54.6 Å². The lowest BCUT2D eigenvalue weighted by Gasteiger charge is -2.25. The number of nitrogens with zero attached hydrogens (tertiary/aromatic N) is 1. The predicted molar refractivity (Wildman–Crippen MR) is 134 cm³/mol. The van der Waals surface area contributed by atoms with Gasteiger partial charge in [-0.3, -0.25) is 4.98 Å². The highest BCUT2D eigenvalue weighted by molar-refractivity contribution is 5.15. The lowest BCUT2D eigenvalue weighted by molar-refractivity contribution is -0.730. The van der Waals surface area contributed by atoms with Crippen molar-refractivity contribution in [3.8, 4) is 0 Å². The zero-order valence-corrected chi connectivity index (χ0v) is 20.5. The summed E-state index contributed by atoms with van der Waals surface area (Å²) in [6.07, 6.45) is 28.5. The standard InChI is InChI=1S/C29H48N2/c1-3-5-7-8-9-10-11-12-13-18-22-29(31-24-23-30-26-31)28(21-15-6-4-2)25-27-19-16-14-17-20-27/h14,16-17,19-20,23-24,26,28-29H,3-13,15,18,21-22,25H2,1-2H3/p+1. The summed E-state index contributed by atoms with van der Waals surface area (Å²) in [5.74, 6) is 0.716. The topological polar surface area (TPSA) is 19.7 Å². The van der Waals surface area contributed by atoms with Crippen molar-refractivity contribution >= 4 is 0 Å². The Hall–Kier alpha value is -1.57. The van der Waals surface area contributed by atoms with Crippen molar-refractivity contribution in [2.24, 2.45) is 5.92 Å². The number of hydrogen-bond acceptors (Lipinski definition) is 0. The highest BCUT2D eigenvalue weighted by atomic mass is 15.1. The van der Waals surface area contributed by atoms with Crippen LogP contribution >= 0.6 is 0 Å². The van der Waals surface area contributed by atoms with Gasteiger partial charge < -0.3 is 0 Å². The van der Waals surface area contributed by atoms with Gasteiger partial charge in [-0.2, -0.15) is 0 Å². The molecule has 2 aromatic rings. The molecule has 1 aromatic carbocycles. The maximum absolute atomic E-state index is 3.30. The molecule has 0 saturated carbocycles. The second kappa shape index (κ2) is 17.0. The van der Waals surface area contributed by atoms with E-state index >= 15 is 0 Å². The van der Waals surface area contributed by atoms with Crippen LogP contribution in [0.4, 0.5) is 0 Å². The van der Waals surface area contributed by atoms with Crippen molar-refractivity contribution in [2.75, 3.05) is 0 Å². The van der Waals surface area contributed by atoms with E-state index in [-0.39, 0.29) is 0 Å². The van der Waals surface area contributed by atoms with Crippen LogP contribution in [0.3, 0.4) is 0 Å². The second-order valence-electron chi connectivity index (χ2n) is 9.54. The minimum atomic E-state index is 0.609. The maximum atomic E-state index is 3.30. The Balaban J connectivity index is 1.83. The molecule has 0 amide bonds. The van der Waals surface area contributed by atoms with Gasteiger partial charge in [0, 0.05) is 5.92 Å². The van der Waals surface area contributed by atoms with Crippen molar-refractivity contribution < 1.29 is 4.57 Å². The van der Waals surface area contributed by atoms with E-state index in [4.69, 9.17) is 0 Å². The van der Waals surface area contributed by atoms with Gasteiger partial charge in [0.25, 0.3) is 0 Å². The van der Waals surface area contributed by atoms with Gasteiger partial charge in [0.1, 0.15) is 18.4 Å². The summed E-state index contributed by atoms with van der Waals surface area (Å²) < 4.78 is 2.47. The summed E-state index contributed by atoms with van der Waals surface area (Å²) in [5, 5.41) is 0. The molecule has 2 heteroatoms. The molecular formula is C29H49N2+. The molecule has 2 atom stereocenters. The second-order valence-corrected chi connectivity index (χ2v) is 9.54. The summed E-state index contributed by atoms with van der Waals surface area (Å²) >= 11 is 0. The fourth-order valence-electron chi connectivity index (χ4n) is 4.98. The first-order valence-electron chi connectivity index (χ1n) is 13.4. The zero-order valence-electron chi connectivity index (χ0n) is 20.5. The number of H-pyrrole nitrogens is 1. The Morgan fingerprint density at radius 3 is 1.90 bits per heavy atom. The third kappa shape index (κ3) is 11.0. The fourth-order valence-corrected chi connectivity index (χ4v) is 4.98. The van der Waals surface area contributed by atoms with E-state index in [1.54, 1.807) is 0 Å². The quantitative estimate of drug-likeness (QED) is 0.172. The molecule has 2 nitrogen and oxygen atoms in total. The van der Waals surface area contributed by atoms with Gasteiger partial charge in [0.15, 0.2) is 0 Å². The Kier molecular flexibility index (Phi) is 14.1. The minimum Gasteiger partial charge on any atom is -0.250 e. The average molecular weight is 426 g/mol. The third-order valence-corrected chi connectivity index (χ3v) is 6.87. The highest BCUT2D eigenvalue weighted by Crippen LogP contribution is 2.28. The molecule has 1 N–H and O–H groups in total. The Morgan fingerprint density at radius 1 is 0.710 bits per heavy atom. The molecule has 0 radical (unpaired) electrons. The summed E-state index contributed by atoms with van der Waals surface area (Å²) in [6.45, 7) is 4.61. The van der Waals surface area contributed by atoms with E-state index < -0.39 is 0 Å². The van der Waals surface area contributed by atoms with Crippen molar-refractivity contribution in [1.82, 2.24) is 4.98 Å². The average Bonchev–Trinajstić information content (AvgIpc) is 3.32. The number of aromatic nitrogens is 2. The normalized spacial score (nSPS) is 13.4. The molecule has 2 unspecified atom stereocenters. The van der Waals surface area contributed by atoms with Crippen LogP contribution in [-0.4, -0.2) is 4.98 Å². The Labute approximate surface area is 192 Å². The lowest BCUT2D eigenvalue weighted by Crippen LogP contribution is -2.42. The minimum absolute atomic E-state index is 0.609. The van der Waals surface area contributed by atoms with Gasteiger partial charge in [-0.25, -0.2) is 4.57 Å². The summed E-state index contributed by atoms with van der Waals surface area (Å²) in [6, 6.07) is 11.8. The van der Waals surface area contributed by atoms with Crippen LogP contribution in [0, 0.1) is 5.92 Å². The van der Waals surface area contributed by atoms with E-state index in [0.29, 0.717) is 12.0 Å². The number of hydrogen-bond donors (Lipinski definition) is 1. The van der Waals surface area contributed by atoms with Gasteiger partial charge in [-0.05, 0) is 31.2 Å². The molecule has 0 aliphatic rings. The van der Waals surface area contributed by atoms with Crippen LogP contribution in [0.15, 0.2) is 49.1 Å². The molecule has 0 aliphatic carbocycles. The van der Waals surface area contributed by atoms with Gasteiger partial charge in [0.2, 0.25) is 6.33 Å². The molecule has 31 heavy (non-hydrogen) atoms. The van der Waals surface area contributed by atoms with Gasteiger partial charge in [-0.1, -0.05) is 121 Å². The Morgan fingerprint density at radius 2 is 1.29 bits per heavy atom. The van der Waals surface area contributed by atoms with Gasteiger partial charge in [-0.15, -0.1) is 0 Å².